The van der Waals surface area contributed by atoms with E-state index in [1.54, 1.807) is 6.20 Å². The van der Waals surface area contributed by atoms with Gasteiger partial charge in [-0.15, -0.1) is 0 Å². The van der Waals surface area contributed by atoms with E-state index in [2.05, 4.69) is 57.1 Å². The van der Waals surface area contributed by atoms with Crippen LogP contribution in [0.25, 0.3) is 0 Å². The van der Waals surface area contributed by atoms with Crippen molar-refractivity contribution < 1.29 is 0 Å². The number of rotatable bonds is 8. The molecule has 0 bridgehead atoms. The molecule has 0 amide bonds. The van der Waals surface area contributed by atoms with Gasteiger partial charge in [-0.25, -0.2) is 0 Å². The van der Waals surface area contributed by atoms with Gasteiger partial charge in [0.25, 0.3) is 0 Å². The zero-order valence-corrected chi connectivity index (χ0v) is 15.2. The van der Waals surface area contributed by atoms with Crippen molar-refractivity contribution in [3.63, 3.8) is 0 Å². The first-order valence-corrected chi connectivity index (χ1v) is 8.21. The zero-order chi connectivity index (χ0) is 16.0. The second kappa shape index (κ2) is 8.16. The van der Waals surface area contributed by atoms with E-state index in [0.29, 0.717) is 6.04 Å². The summed E-state index contributed by atoms with van der Waals surface area (Å²) < 4.78 is 2.05. The van der Waals surface area contributed by atoms with Crippen LogP contribution in [-0.4, -0.2) is 47.9 Å². The van der Waals surface area contributed by atoms with E-state index in [0.717, 1.165) is 43.2 Å². The molecule has 0 radical (unpaired) electrons. The largest absolute Gasteiger partial charge is 0.314 e. The summed E-state index contributed by atoms with van der Waals surface area (Å²) in [4.78, 5) is 2.16. The molecule has 122 valence electrons. The Hall–Kier alpha value is -0.580. The lowest BCUT2D eigenvalue weighted by Crippen LogP contribution is -2.40. The van der Waals surface area contributed by atoms with E-state index in [4.69, 9.17) is 11.6 Å². The lowest BCUT2D eigenvalue weighted by molar-refractivity contribution is 0.256. The molecule has 1 atom stereocenters. The van der Waals surface area contributed by atoms with Gasteiger partial charge in [-0.1, -0.05) is 39.3 Å². The Morgan fingerprint density at radius 3 is 2.57 bits per heavy atom. The van der Waals surface area contributed by atoms with Crippen molar-refractivity contribution >= 4 is 11.6 Å². The molecule has 0 fully saturated rings. The van der Waals surface area contributed by atoms with Gasteiger partial charge in [0.15, 0.2) is 0 Å². The number of likely N-dealkylation sites (N-methyl/N-ethyl adjacent to an activating group) is 1. The second-order valence-corrected chi connectivity index (χ2v) is 7.39. The smallest absolute Gasteiger partial charge is 0.0817 e. The number of nitrogens with one attached hydrogen (secondary N) is 1. The maximum absolute atomic E-state index is 6.32. The molecule has 0 aliphatic carbocycles. The fourth-order valence-electron chi connectivity index (χ4n) is 2.49. The summed E-state index contributed by atoms with van der Waals surface area (Å²) in [5, 5.41) is 8.79. The molecule has 0 saturated heterocycles. The minimum atomic E-state index is 0.247. The fourth-order valence-corrected chi connectivity index (χ4v) is 2.73. The first-order chi connectivity index (χ1) is 9.75. The van der Waals surface area contributed by atoms with Crippen molar-refractivity contribution in [2.75, 3.05) is 27.2 Å². The number of hydrogen-bond donors (Lipinski definition) is 1. The predicted octanol–water partition coefficient (Wildman–Crippen LogP) is 3.05. The third-order valence-corrected chi connectivity index (χ3v) is 4.14. The van der Waals surface area contributed by atoms with Gasteiger partial charge < -0.3 is 10.2 Å². The summed E-state index contributed by atoms with van der Waals surface area (Å²) in [5.74, 6) is 0. The zero-order valence-electron chi connectivity index (χ0n) is 14.4. The van der Waals surface area contributed by atoms with Gasteiger partial charge in [-0.05, 0) is 38.9 Å². The Bertz CT molecular complexity index is 420. The van der Waals surface area contributed by atoms with Crippen molar-refractivity contribution in [1.82, 2.24) is 20.0 Å². The van der Waals surface area contributed by atoms with Crippen molar-refractivity contribution in [3.05, 3.63) is 16.9 Å². The molecule has 1 heterocycles. The number of halogens is 1. The Labute approximate surface area is 134 Å². The normalized spacial score (nSPS) is 13.9. The molecule has 0 spiro atoms. The fraction of sp³-hybridized carbons (Fsp3) is 0.812. The Morgan fingerprint density at radius 2 is 2.05 bits per heavy atom. The SMILES string of the molecule is CCNC(CCc1c(Cl)cnn1CCN(C)C)C(C)(C)C. The molecular formula is C16H31ClN4. The highest BCUT2D eigenvalue weighted by atomic mass is 35.5. The van der Waals surface area contributed by atoms with Gasteiger partial charge >= 0.3 is 0 Å². The maximum atomic E-state index is 6.32. The third-order valence-electron chi connectivity index (χ3n) is 3.82. The molecule has 1 aromatic heterocycles. The quantitative estimate of drug-likeness (QED) is 0.800. The van der Waals surface area contributed by atoms with Crippen LogP contribution in [0.5, 0.6) is 0 Å². The van der Waals surface area contributed by atoms with Crippen LogP contribution in [-0.2, 0) is 13.0 Å². The maximum Gasteiger partial charge on any atom is 0.0817 e. The summed E-state index contributed by atoms with van der Waals surface area (Å²) >= 11 is 6.32. The molecular weight excluding hydrogens is 284 g/mol. The summed E-state index contributed by atoms with van der Waals surface area (Å²) in [6, 6.07) is 0.482. The van der Waals surface area contributed by atoms with Crippen LogP contribution >= 0.6 is 11.6 Å². The molecule has 1 aromatic rings. The van der Waals surface area contributed by atoms with Gasteiger partial charge in [0, 0.05) is 12.6 Å². The Morgan fingerprint density at radius 1 is 1.38 bits per heavy atom. The minimum Gasteiger partial charge on any atom is -0.314 e. The van der Waals surface area contributed by atoms with E-state index in [-0.39, 0.29) is 5.41 Å². The summed E-state index contributed by atoms with van der Waals surface area (Å²) in [7, 11) is 4.15. The minimum absolute atomic E-state index is 0.247. The van der Waals surface area contributed by atoms with Gasteiger partial charge in [0.2, 0.25) is 0 Å². The van der Waals surface area contributed by atoms with Gasteiger partial charge in [0.1, 0.15) is 0 Å². The van der Waals surface area contributed by atoms with Crippen molar-refractivity contribution in [1.29, 1.82) is 0 Å². The highest BCUT2D eigenvalue weighted by Crippen LogP contribution is 2.25. The first-order valence-electron chi connectivity index (χ1n) is 7.84. The van der Waals surface area contributed by atoms with E-state index >= 15 is 0 Å². The molecule has 1 N–H and O–H groups in total. The monoisotopic (exact) mass is 314 g/mol. The lowest BCUT2D eigenvalue weighted by atomic mass is 9.83. The summed E-state index contributed by atoms with van der Waals surface area (Å²) in [6.07, 6.45) is 3.80. The van der Waals surface area contributed by atoms with E-state index < -0.39 is 0 Å². The van der Waals surface area contributed by atoms with Crippen LogP contribution in [0.2, 0.25) is 5.02 Å². The topological polar surface area (TPSA) is 33.1 Å². The van der Waals surface area contributed by atoms with Crippen molar-refractivity contribution in [3.8, 4) is 0 Å². The molecule has 1 unspecified atom stereocenters. The highest BCUT2D eigenvalue weighted by Gasteiger charge is 2.24. The molecule has 0 aliphatic heterocycles. The number of aromatic nitrogens is 2. The summed E-state index contributed by atoms with van der Waals surface area (Å²) in [6.45, 7) is 11.9. The first kappa shape index (κ1) is 18.5. The summed E-state index contributed by atoms with van der Waals surface area (Å²) in [5.41, 5.74) is 1.41. The average Bonchev–Trinajstić information content (AvgIpc) is 2.71. The van der Waals surface area contributed by atoms with Gasteiger partial charge in [-0.2, -0.15) is 5.10 Å². The Balaban J connectivity index is 2.71. The van der Waals surface area contributed by atoms with Crippen LogP contribution < -0.4 is 5.32 Å². The van der Waals surface area contributed by atoms with Gasteiger partial charge in [-0.3, -0.25) is 4.68 Å². The van der Waals surface area contributed by atoms with Crippen LogP contribution in [0.4, 0.5) is 0 Å². The molecule has 0 aliphatic rings. The van der Waals surface area contributed by atoms with Crippen LogP contribution in [0, 0.1) is 5.41 Å². The average molecular weight is 315 g/mol. The number of nitrogens with zero attached hydrogens (tertiary/aromatic N) is 3. The van der Waals surface area contributed by atoms with Crippen LogP contribution in [0.1, 0.15) is 39.8 Å². The molecule has 0 aromatic carbocycles. The number of hydrogen-bond acceptors (Lipinski definition) is 3. The van der Waals surface area contributed by atoms with E-state index in [9.17, 15) is 0 Å². The molecule has 1 rings (SSSR count). The molecule has 4 nitrogen and oxygen atoms in total. The van der Waals surface area contributed by atoms with Gasteiger partial charge in [0.05, 0.1) is 23.5 Å². The molecule has 0 saturated carbocycles. The standard InChI is InChI=1S/C16H31ClN4/c1-7-18-15(16(2,3)4)9-8-14-13(17)12-19-21(14)11-10-20(5)6/h12,15,18H,7-11H2,1-6H3. The molecule has 5 heteroatoms. The van der Waals surface area contributed by atoms with Crippen LogP contribution in [0.15, 0.2) is 6.20 Å². The third kappa shape index (κ3) is 5.97. The van der Waals surface area contributed by atoms with Crippen LogP contribution in [0.3, 0.4) is 0 Å². The van der Waals surface area contributed by atoms with Crippen molar-refractivity contribution in [2.24, 2.45) is 5.41 Å². The second-order valence-electron chi connectivity index (χ2n) is 6.98. The highest BCUT2D eigenvalue weighted by molar-refractivity contribution is 6.31. The van der Waals surface area contributed by atoms with E-state index in [1.165, 1.54) is 0 Å². The molecule has 21 heavy (non-hydrogen) atoms. The van der Waals surface area contributed by atoms with E-state index in [1.807, 2.05) is 4.68 Å². The lowest BCUT2D eigenvalue weighted by Gasteiger charge is -2.31. The van der Waals surface area contributed by atoms with Crippen molar-refractivity contribution in [2.45, 2.75) is 53.1 Å². The Kier molecular flexibility index (Phi) is 7.17. The predicted molar refractivity (Wildman–Crippen MR) is 91.0 cm³/mol.